The summed E-state index contributed by atoms with van der Waals surface area (Å²) in [5, 5.41) is 0.435. The summed E-state index contributed by atoms with van der Waals surface area (Å²) in [6.07, 6.45) is 0.772. The Hall–Kier alpha value is -2.26. The molecule has 1 atom stereocenters. The second-order valence-corrected chi connectivity index (χ2v) is 12.4. The minimum absolute atomic E-state index is 0.0652. The molecule has 0 N–H and O–H groups in total. The smallest absolute Gasteiger partial charge is 0.243 e. The molecule has 0 spiro atoms. The number of hydrogen-bond donors (Lipinski definition) is 0. The molecule has 0 radical (unpaired) electrons. The van der Waals surface area contributed by atoms with Gasteiger partial charge in [0.15, 0.2) is 0 Å². The van der Waals surface area contributed by atoms with Crippen molar-refractivity contribution in [2.45, 2.75) is 45.2 Å². The molecular formula is C26H30ClFN2O3S2. The Morgan fingerprint density at radius 1 is 1.03 bits per heavy atom. The second-order valence-electron chi connectivity index (χ2n) is 8.65. The van der Waals surface area contributed by atoms with Crippen LogP contribution in [0.4, 0.5) is 4.39 Å². The Morgan fingerprint density at radius 3 is 2.26 bits per heavy atom. The Bertz CT molecular complexity index is 1230. The highest BCUT2D eigenvalue weighted by Crippen LogP contribution is 2.23. The van der Waals surface area contributed by atoms with E-state index in [1.54, 1.807) is 28.4 Å². The van der Waals surface area contributed by atoms with E-state index >= 15 is 0 Å². The van der Waals surface area contributed by atoms with E-state index in [-0.39, 0.29) is 42.2 Å². The topological polar surface area (TPSA) is 57.7 Å². The molecule has 3 rings (SSSR count). The van der Waals surface area contributed by atoms with Gasteiger partial charge in [0.2, 0.25) is 15.9 Å². The van der Waals surface area contributed by atoms with Crippen LogP contribution in [0.3, 0.4) is 0 Å². The number of amides is 1. The van der Waals surface area contributed by atoms with Gasteiger partial charge in [-0.05, 0) is 66.9 Å². The first-order valence-corrected chi connectivity index (χ1v) is 14.0. The summed E-state index contributed by atoms with van der Waals surface area (Å²) < 4.78 is 41.6. The van der Waals surface area contributed by atoms with Crippen LogP contribution in [0.1, 0.15) is 35.6 Å². The van der Waals surface area contributed by atoms with Crippen molar-refractivity contribution in [1.29, 1.82) is 0 Å². The highest BCUT2D eigenvalue weighted by molar-refractivity contribution is 7.89. The zero-order valence-corrected chi connectivity index (χ0v) is 22.5. The van der Waals surface area contributed by atoms with E-state index < -0.39 is 10.0 Å². The van der Waals surface area contributed by atoms with Gasteiger partial charge in [0.05, 0.1) is 18.0 Å². The Morgan fingerprint density at radius 2 is 1.69 bits per heavy atom. The van der Waals surface area contributed by atoms with Gasteiger partial charge in [0.1, 0.15) is 5.82 Å². The maximum atomic E-state index is 13.6. The third kappa shape index (κ3) is 7.61. The standard InChI is InChI=1S/C26H30ClFN2O3S2/c1-4-19(2)15-30(35(32,33)25-13-8-22(27)9-14-25)18-26(31)29(17-24-12-5-20(3)34-24)16-21-6-10-23(28)11-7-21/h5-14,19H,4,15-18H2,1-3H3/t19-/m1/s1. The van der Waals surface area contributed by atoms with Gasteiger partial charge in [0.25, 0.3) is 0 Å². The number of carbonyl (C=O) groups is 1. The summed E-state index contributed by atoms with van der Waals surface area (Å²) in [6, 6.07) is 15.9. The molecule has 0 saturated heterocycles. The van der Waals surface area contributed by atoms with Gasteiger partial charge >= 0.3 is 0 Å². The van der Waals surface area contributed by atoms with Crippen LogP contribution in [-0.2, 0) is 27.9 Å². The van der Waals surface area contributed by atoms with E-state index in [1.165, 1.54) is 40.7 Å². The highest BCUT2D eigenvalue weighted by atomic mass is 35.5. The summed E-state index contributed by atoms with van der Waals surface area (Å²) in [5.41, 5.74) is 0.766. The average molecular weight is 537 g/mol. The van der Waals surface area contributed by atoms with Crippen molar-refractivity contribution in [2.75, 3.05) is 13.1 Å². The zero-order chi connectivity index (χ0) is 25.6. The van der Waals surface area contributed by atoms with Gasteiger partial charge in [0, 0.05) is 27.9 Å². The predicted molar refractivity (Wildman–Crippen MR) is 139 cm³/mol. The Kier molecular flexibility index (Phi) is 9.47. The molecule has 0 unspecified atom stereocenters. The fraction of sp³-hybridized carbons (Fsp3) is 0.346. The molecule has 5 nitrogen and oxygen atoms in total. The minimum atomic E-state index is -3.92. The summed E-state index contributed by atoms with van der Waals surface area (Å²) in [7, 11) is -3.92. The number of thiophene rings is 1. The largest absolute Gasteiger partial charge is 0.332 e. The zero-order valence-electron chi connectivity index (χ0n) is 20.1. The molecule has 1 heterocycles. The van der Waals surface area contributed by atoms with Gasteiger partial charge in [-0.3, -0.25) is 4.79 Å². The average Bonchev–Trinajstić information content (AvgIpc) is 3.24. The lowest BCUT2D eigenvalue weighted by Crippen LogP contribution is -2.44. The highest BCUT2D eigenvalue weighted by Gasteiger charge is 2.30. The van der Waals surface area contributed by atoms with Crippen LogP contribution in [0.25, 0.3) is 0 Å². The van der Waals surface area contributed by atoms with Gasteiger partial charge in [-0.1, -0.05) is 44.0 Å². The molecular weight excluding hydrogens is 507 g/mol. The molecule has 0 bridgehead atoms. The van der Waals surface area contributed by atoms with Gasteiger partial charge in [-0.25, -0.2) is 12.8 Å². The van der Waals surface area contributed by atoms with E-state index in [4.69, 9.17) is 11.6 Å². The number of sulfonamides is 1. The van der Waals surface area contributed by atoms with Gasteiger partial charge < -0.3 is 4.90 Å². The van der Waals surface area contributed by atoms with Crippen LogP contribution in [0.5, 0.6) is 0 Å². The number of aryl methyl sites for hydroxylation is 1. The molecule has 1 amide bonds. The minimum Gasteiger partial charge on any atom is -0.332 e. The molecule has 35 heavy (non-hydrogen) atoms. The van der Waals surface area contributed by atoms with Crippen molar-refractivity contribution >= 4 is 38.9 Å². The molecule has 0 aliphatic carbocycles. The second kappa shape index (κ2) is 12.1. The Labute approximate surface area is 216 Å². The molecule has 2 aromatic carbocycles. The fourth-order valence-corrected chi connectivity index (χ4v) is 6.07. The lowest BCUT2D eigenvalue weighted by Gasteiger charge is -2.28. The van der Waals surface area contributed by atoms with Crippen molar-refractivity contribution in [1.82, 2.24) is 9.21 Å². The third-order valence-electron chi connectivity index (χ3n) is 5.76. The number of halogens is 2. The molecule has 0 fully saturated rings. The van der Waals surface area contributed by atoms with Gasteiger partial charge in [-0.2, -0.15) is 4.31 Å². The lowest BCUT2D eigenvalue weighted by molar-refractivity contribution is -0.132. The van der Waals surface area contributed by atoms with E-state index in [2.05, 4.69) is 0 Å². The number of carbonyl (C=O) groups excluding carboxylic acids is 1. The summed E-state index contributed by atoms with van der Waals surface area (Å²) in [4.78, 5) is 17.4. The van der Waals surface area contributed by atoms with Crippen molar-refractivity contribution < 1.29 is 17.6 Å². The van der Waals surface area contributed by atoms with Crippen LogP contribution in [-0.4, -0.2) is 36.6 Å². The van der Waals surface area contributed by atoms with E-state index in [9.17, 15) is 17.6 Å². The Balaban J connectivity index is 1.89. The van der Waals surface area contributed by atoms with Crippen molar-refractivity contribution in [2.24, 2.45) is 5.92 Å². The normalized spacial score (nSPS) is 12.6. The monoisotopic (exact) mass is 536 g/mol. The first-order valence-electron chi connectivity index (χ1n) is 11.4. The van der Waals surface area contributed by atoms with Crippen LogP contribution < -0.4 is 0 Å². The van der Waals surface area contributed by atoms with E-state index in [1.807, 2.05) is 32.9 Å². The fourth-order valence-electron chi connectivity index (χ4n) is 3.53. The molecule has 9 heteroatoms. The van der Waals surface area contributed by atoms with Crippen LogP contribution in [0, 0.1) is 18.7 Å². The first-order chi connectivity index (χ1) is 16.6. The van der Waals surface area contributed by atoms with Gasteiger partial charge in [-0.15, -0.1) is 11.3 Å². The van der Waals surface area contributed by atoms with Crippen LogP contribution >= 0.6 is 22.9 Å². The molecule has 188 valence electrons. The quantitative estimate of drug-likeness (QED) is 0.297. The molecule has 0 saturated carbocycles. The summed E-state index contributed by atoms with van der Waals surface area (Å²) in [5.74, 6) is -0.606. The summed E-state index contributed by atoms with van der Waals surface area (Å²) >= 11 is 7.53. The molecule has 1 aromatic heterocycles. The number of rotatable bonds is 11. The van der Waals surface area contributed by atoms with E-state index in [0.717, 1.165) is 21.7 Å². The SMILES string of the molecule is CC[C@@H](C)CN(CC(=O)N(Cc1ccc(F)cc1)Cc1ccc(C)s1)S(=O)(=O)c1ccc(Cl)cc1. The first kappa shape index (κ1) is 27.3. The number of hydrogen-bond acceptors (Lipinski definition) is 4. The van der Waals surface area contributed by atoms with Crippen molar-refractivity contribution in [3.05, 3.63) is 86.8 Å². The number of nitrogens with zero attached hydrogens (tertiary/aromatic N) is 2. The molecule has 0 aliphatic heterocycles. The number of benzene rings is 2. The lowest BCUT2D eigenvalue weighted by atomic mass is 10.1. The molecule has 0 aliphatic rings. The van der Waals surface area contributed by atoms with Crippen LogP contribution in [0.2, 0.25) is 5.02 Å². The maximum Gasteiger partial charge on any atom is 0.243 e. The summed E-state index contributed by atoms with van der Waals surface area (Å²) in [6.45, 7) is 6.45. The third-order valence-corrected chi connectivity index (χ3v) is 8.82. The predicted octanol–water partition coefficient (Wildman–Crippen LogP) is 6.11. The van der Waals surface area contributed by atoms with E-state index in [0.29, 0.717) is 11.6 Å². The molecule has 3 aromatic rings. The van der Waals surface area contributed by atoms with Crippen molar-refractivity contribution in [3.63, 3.8) is 0 Å². The maximum absolute atomic E-state index is 13.6. The van der Waals surface area contributed by atoms with Crippen molar-refractivity contribution in [3.8, 4) is 0 Å². The van der Waals surface area contributed by atoms with Crippen LogP contribution in [0.15, 0.2) is 65.6 Å².